The summed E-state index contributed by atoms with van der Waals surface area (Å²) in [5, 5.41) is 10.8. The maximum Gasteiger partial charge on any atom is 0.315 e. The zero-order valence-corrected chi connectivity index (χ0v) is 10.5. The topological polar surface area (TPSA) is 69.4 Å². The molecule has 1 unspecified atom stereocenters. The van der Waals surface area contributed by atoms with Crippen LogP contribution in [-0.4, -0.2) is 48.5 Å². The van der Waals surface area contributed by atoms with E-state index in [1.54, 1.807) is 7.11 Å². The lowest BCUT2D eigenvalue weighted by Gasteiger charge is -2.25. The number of halogens is 1. The van der Waals surface area contributed by atoms with E-state index in [1.165, 1.54) is 0 Å². The van der Waals surface area contributed by atoms with E-state index < -0.39 is 0 Å². The standard InChI is InChI=1S/C10H16ClN3O3/c1-15-10(3-5-16-7-10)6-12-9-14-13-8(17-9)2-4-11/h2-7H2,1H3,(H,12,14). The molecule has 2 rings (SSSR count). The van der Waals surface area contributed by atoms with Gasteiger partial charge in [-0.25, -0.2) is 0 Å². The lowest BCUT2D eigenvalue weighted by atomic mass is 10.0. The van der Waals surface area contributed by atoms with Gasteiger partial charge in [-0.05, 0) is 0 Å². The predicted molar refractivity (Wildman–Crippen MR) is 62.4 cm³/mol. The Morgan fingerprint density at radius 1 is 1.53 bits per heavy atom. The van der Waals surface area contributed by atoms with Crippen molar-refractivity contribution in [3.05, 3.63) is 5.89 Å². The number of ether oxygens (including phenoxy) is 2. The van der Waals surface area contributed by atoms with Gasteiger partial charge in [0.05, 0.1) is 13.2 Å². The predicted octanol–water partition coefficient (Wildman–Crippen LogP) is 1.07. The summed E-state index contributed by atoms with van der Waals surface area (Å²) in [6, 6.07) is 0.397. The minimum absolute atomic E-state index is 0.291. The molecule has 0 radical (unpaired) electrons. The number of alkyl halides is 1. The summed E-state index contributed by atoms with van der Waals surface area (Å²) in [5.74, 6) is 1.01. The van der Waals surface area contributed by atoms with Crippen molar-refractivity contribution in [2.75, 3.05) is 38.1 Å². The van der Waals surface area contributed by atoms with Crippen molar-refractivity contribution < 1.29 is 13.9 Å². The quantitative estimate of drug-likeness (QED) is 0.773. The van der Waals surface area contributed by atoms with Gasteiger partial charge in [0.15, 0.2) is 0 Å². The molecule has 0 aromatic carbocycles. The highest BCUT2D eigenvalue weighted by atomic mass is 35.5. The monoisotopic (exact) mass is 261 g/mol. The highest BCUT2D eigenvalue weighted by Crippen LogP contribution is 2.22. The Labute approximate surface area is 105 Å². The number of aryl methyl sites for hydroxylation is 1. The average molecular weight is 262 g/mol. The largest absolute Gasteiger partial charge is 0.408 e. The molecule has 96 valence electrons. The lowest BCUT2D eigenvalue weighted by Crippen LogP contribution is -2.39. The third-order valence-electron chi connectivity index (χ3n) is 2.84. The Morgan fingerprint density at radius 3 is 3.06 bits per heavy atom. The highest BCUT2D eigenvalue weighted by Gasteiger charge is 2.35. The van der Waals surface area contributed by atoms with Crippen molar-refractivity contribution in [2.45, 2.75) is 18.4 Å². The Bertz CT molecular complexity index is 352. The van der Waals surface area contributed by atoms with Crippen LogP contribution >= 0.6 is 11.6 Å². The van der Waals surface area contributed by atoms with Gasteiger partial charge < -0.3 is 19.2 Å². The molecule has 7 heteroatoms. The second-order valence-corrected chi connectivity index (χ2v) is 4.36. The van der Waals surface area contributed by atoms with Gasteiger partial charge in [0, 0.05) is 32.4 Å². The molecule has 1 aliphatic rings. The fourth-order valence-electron chi connectivity index (χ4n) is 1.70. The lowest BCUT2D eigenvalue weighted by molar-refractivity contribution is -0.00654. The number of anilines is 1. The summed E-state index contributed by atoms with van der Waals surface area (Å²) >= 11 is 5.59. The number of methoxy groups -OCH3 is 1. The molecule has 1 N–H and O–H groups in total. The molecule has 0 bridgehead atoms. The van der Waals surface area contributed by atoms with E-state index in [0.29, 0.717) is 37.4 Å². The van der Waals surface area contributed by atoms with Crippen molar-refractivity contribution in [1.82, 2.24) is 10.2 Å². The highest BCUT2D eigenvalue weighted by molar-refractivity contribution is 6.17. The second kappa shape index (κ2) is 5.66. The van der Waals surface area contributed by atoms with Crippen LogP contribution in [0.5, 0.6) is 0 Å². The Balaban J connectivity index is 1.87. The van der Waals surface area contributed by atoms with Gasteiger partial charge in [-0.2, -0.15) is 0 Å². The van der Waals surface area contributed by atoms with E-state index in [4.69, 9.17) is 25.5 Å². The summed E-state index contributed by atoms with van der Waals surface area (Å²) in [6.07, 6.45) is 1.44. The molecule has 1 atom stereocenters. The van der Waals surface area contributed by atoms with E-state index in [9.17, 15) is 0 Å². The zero-order chi connectivity index (χ0) is 12.1. The van der Waals surface area contributed by atoms with Crippen LogP contribution in [0, 0.1) is 0 Å². The van der Waals surface area contributed by atoms with Crippen LogP contribution in [0.25, 0.3) is 0 Å². The molecule has 1 fully saturated rings. The maximum atomic E-state index is 5.59. The van der Waals surface area contributed by atoms with Crippen molar-refractivity contribution in [2.24, 2.45) is 0 Å². The summed E-state index contributed by atoms with van der Waals surface area (Å²) < 4.78 is 16.2. The minimum Gasteiger partial charge on any atom is -0.408 e. The fraction of sp³-hybridized carbons (Fsp3) is 0.800. The van der Waals surface area contributed by atoms with E-state index in [2.05, 4.69) is 15.5 Å². The van der Waals surface area contributed by atoms with Gasteiger partial charge >= 0.3 is 6.01 Å². The van der Waals surface area contributed by atoms with Crippen LogP contribution in [0.2, 0.25) is 0 Å². The van der Waals surface area contributed by atoms with Gasteiger partial charge in [0.2, 0.25) is 5.89 Å². The van der Waals surface area contributed by atoms with Crippen molar-refractivity contribution in [3.8, 4) is 0 Å². The molecule has 17 heavy (non-hydrogen) atoms. The molecule has 1 aromatic rings. The number of hydrogen-bond acceptors (Lipinski definition) is 6. The smallest absolute Gasteiger partial charge is 0.315 e. The Morgan fingerprint density at radius 2 is 2.41 bits per heavy atom. The summed E-state index contributed by atoms with van der Waals surface area (Å²) in [5.41, 5.74) is -0.291. The normalized spacial score (nSPS) is 24.1. The van der Waals surface area contributed by atoms with Gasteiger partial charge in [0.1, 0.15) is 5.60 Å². The molecule has 1 aliphatic heterocycles. The zero-order valence-electron chi connectivity index (χ0n) is 9.74. The van der Waals surface area contributed by atoms with Crippen LogP contribution < -0.4 is 5.32 Å². The molecule has 2 heterocycles. The first-order chi connectivity index (χ1) is 8.28. The van der Waals surface area contributed by atoms with Crippen molar-refractivity contribution in [3.63, 3.8) is 0 Å². The molecule has 1 saturated heterocycles. The van der Waals surface area contributed by atoms with Gasteiger partial charge in [-0.3, -0.25) is 0 Å². The first kappa shape index (κ1) is 12.6. The number of rotatable bonds is 6. The number of aromatic nitrogens is 2. The number of hydrogen-bond donors (Lipinski definition) is 1. The second-order valence-electron chi connectivity index (χ2n) is 3.98. The summed E-state index contributed by atoms with van der Waals surface area (Å²) in [7, 11) is 1.68. The average Bonchev–Trinajstić information content (AvgIpc) is 2.96. The van der Waals surface area contributed by atoms with Crippen LogP contribution in [0.15, 0.2) is 4.42 Å². The maximum absolute atomic E-state index is 5.59. The van der Waals surface area contributed by atoms with E-state index in [-0.39, 0.29) is 5.60 Å². The molecule has 0 aliphatic carbocycles. The van der Waals surface area contributed by atoms with Gasteiger partial charge in [-0.15, -0.1) is 16.7 Å². The van der Waals surface area contributed by atoms with E-state index in [1.807, 2.05) is 0 Å². The van der Waals surface area contributed by atoms with Gasteiger partial charge in [0.25, 0.3) is 0 Å². The van der Waals surface area contributed by atoms with E-state index in [0.717, 1.165) is 13.0 Å². The number of nitrogens with one attached hydrogen (secondary N) is 1. The molecule has 6 nitrogen and oxygen atoms in total. The van der Waals surface area contributed by atoms with Crippen LogP contribution in [0.4, 0.5) is 6.01 Å². The summed E-state index contributed by atoms with van der Waals surface area (Å²) in [6.45, 7) is 1.89. The first-order valence-corrected chi connectivity index (χ1v) is 6.06. The molecular weight excluding hydrogens is 246 g/mol. The van der Waals surface area contributed by atoms with Crippen molar-refractivity contribution in [1.29, 1.82) is 0 Å². The minimum atomic E-state index is -0.291. The molecule has 0 amide bonds. The molecule has 0 saturated carbocycles. The Kier molecular flexibility index (Phi) is 4.20. The third-order valence-corrected chi connectivity index (χ3v) is 3.03. The third kappa shape index (κ3) is 3.08. The Hall–Kier alpha value is -0.850. The van der Waals surface area contributed by atoms with Crippen molar-refractivity contribution >= 4 is 17.6 Å². The molecule has 0 spiro atoms. The SMILES string of the molecule is COC1(CNc2nnc(CCCl)o2)CCOC1. The molecule has 1 aromatic heterocycles. The summed E-state index contributed by atoms with van der Waals surface area (Å²) in [4.78, 5) is 0. The number of nitrogens with zero attached hydrogens (tertiary/aromatic N) is 2. The van der Waals surface area contributed by atoms with Crippen LogP contribution in [-0.2, 0) is 15.9 Å². The van der Waals surface area contributed by atoms with E-state index >= 15 is 0 Å². The van der Waals surface area contributed by atoms with Crippen LogP contribution in [0.3, 0.4) is 0 Å². The van der Waals surface area contributed by atoms with Gasteiger partial charge in [-0.1, -0.05) is 5.10 Å². The fourth-order valence-corrected chi connectivity index (χ4v) is 1.87. The molecular formula is C10H16ClN3O3. The first-order valence-electron chi connectivity index (χ1n) is 5.53. The van der Waals surface area contributed by atoms with Crippen LogP contribution in [0.1, 0.15) is 12.3 Å².